The summed E-state index contributed by atoms with van der Waals surface area (Å²) in [7, 11) is -4.75. The molecule has 0 fully saturated rings. The Labute approximate surface area is 467 Å². The zero-order valence-corrected chi connectivity index (χ0v) is 50.4. The van der Waals surface area contributed by atoms with E-state index in [-0.39, 0.29) is 25.9 Å². The van der Waals surface area contributed by atoms with Gasteiger partial charge in [0.15, 0.2) is 6.10 Å². The average Bonchev–Trinajstić information content (AvgIpc) is 3.41. The summed E-state index contributed by atoms with van der Waals surface area (Å²) in [6.45, 7) is 4.66. The summed E-state index contributed by atoms with van der Waals surface area (Å²) in [6, 6.07) is 0. The topological polar surface area (TPSA) is 155 Å². The number of carbonyl (C=O) groups is 3. The van der Waals surface area contributed by atoms with Crippen molar-refractivity contribution in [2.24, 2.45) is 0 Å². The maximum Gasteiger partial charge on any atom is 0.472 e. The van der Waals surface area contributed by atoms with E-state index in [1.165, 1.54) is 173 Å². The van der Waals surface area contributed by atoms with Gasteiger partial charge in [-0.1, -0.05) is 237 Å². The van der Waals surface area contributed by atoms with Gasteiger partial charge in [0, 0.05) is 19.3 Å². The number of rotatable bonds is 60. The summed E-state index contributed by atoms with van der Waals surface area (Å²) in [5.41, 5.74) is 0. The van der Waals surface area contributed by atoms with Gasteiger partial charge in [-0.15, -0.1) is 0 Å². The van der Waals surface area contributed by atoms with Gasteiger partial charge in [-0.3, -0.25) is 23.4 Å². The quantitative estimate of drug-likeness (QED) is 0.0197. The van der Waals surface area contributed by atoms with Crippen molar-refractivity contribution >= 4 is 25.7 Å². The number of aliphatic hydroxyl groups is 1. The lowest BCUT2D eigenvalue weighted by atomic mass is 10.1. The number of phosphoric ester groups is 1. The van der Waals surface area contributed by atoms with Gasteiger partial charge in [-0.25, -0.2) is 4.57 Å². The Kier molecular flexibility index (Phi) is 57.1. The molecule has 0 saturated heterocycles. The number of hydrogen-bond acceptors (Lipinski definition) is 10. The molecule has 0 aromatic carbocycles. The fourth-order valence-electron chi connectivity index (χ4n) is 9.11. The molecular weight excluding hydrogens is 976 g/mol. The molecule has 0 heterocycles. The molecule has 11 nitrogen and oxygen atoms in total. The highest BCUT2D eigenvalue weighted by Crippen LogP contribution is 2.43. The number of ether oxygens (including phenoxy) is 3. The smallest absolute Gasteiger partial charge is 0.462 e. The van der Waals surface area contributed by atoms with Gasteiger partial charge in [0.1, 0.15) is 12.7 Å². The van der Waals surface area contributed by atoms with Crippen LogP contribution < -0.4 is 0 Å². The number of carbonyl (C=O) groups excluding carboxylic acids is 3. The zero-order valence-electron chi connectivity index (χ0n) is 49.5. The highest BCUT2D eigenvalue weighted by molar-refractivity contribution is 7.47. The number of aliphatic hydroxyl groups excluding tert-OH is 1. The molecule has 0 aliphatic heterocycles. The molecular formula is C64H119O11P. The SMILES string of the molecule is CCCCCC/C=C\CCCCCCCC(=O)OCC(COP(=O)(O)OCC(CO)OC(=O)CCCCCCCCC/C=C\CCCCCCCC)OC(=O)CCCCCCCCCCC/C=C\CCCCCCCC. The van der Waals surface area contributed by atoms with Gasteiger partial charge in [-0.05, 0) is 96.3 Å². The van der Waals surface area contributed by atoms with Gasteiger partial charge in [-0.2, -0.15) is 0 Å². The van der Waals surface area contributed by atoms with Gasteiger partial charge in [0.05, 0.1) is 19.8 Å². The molecule has 0 aliphatic carbocycles. The summed E-state index contributed by atoms with van der Waals surface area (Å²) >= 11 is 0. The first-order valence-electron chi connectivity index (χ1n) is 31.9. The van der Waals surface area contributed by atoms with Crippen LogP contribution in [0.3, 0.4) is 0 Å². The summed E-state index contributed by atoms with van der Waals surface area (Å²) in [6.07, 6.45) is 62.4. The number of hydrogen-bond donors (Lipinski definition) is 2. The van der Waals surface area contributed by atoms with Gasteiger partial charge >= 0.3 is 25.7 Å². The number of unbranched alkanes of at least 4 members (excludes halogenated alkanes) is 37. The van der Waals surface area contributed by atoms with Crippen LogP contribution in [0, 0.1) is 0 Å². The number of phosphoric acid groups is 1. The second kappa shape index (κ2) is 58.8. The predicted octanol–water partition coefficient (Wildman–Crippen LogP) is 19.2. The van der Waals surface area contributed by atoms with Crippen LogP contribution in [0.25, 0.3) is 0 Å². The van der Waals surface area contributed by atoms with Crippen LogP contribution in [-0.2, 0) is 42.2 Å². The molecule has 0 spiro atoms. The molecule has 0 aromatic rings. The minimum absolute atomic E-state index is 0.167. The first-order valence-corrected chi connectivity index (χ1v) is 33.4. The average molecular weight is 1100 g/mol. The van der Waals surface area contributed by atoms with Gasteiger partial charge < -0.3 is 24.2 Å². The fourth-order valence-corrected chi connectivity index (χ4v) is 9.89. The van der Waals surface area contributed by atoms with Gasteiger partial charge in [0.25, 0.3) is 0 Å². The maximum atomic E-state index is 12.9. The van der Waals surface area contributed by atoms with E-state index >= 15 is 0 Å². The van der Waals surface area contributed by atoms with Crippen molar-refractivity contribution in [1.29, 1.82) is 0 Å². The first-order chi connectivity index (χ1) is 37.2. The van der Waals surface area contributed by atoms with Crippen LogP contribution in [0.1, 0.15) is 316 Å². The molecule has 0 aliphatic rings. The Morgan fingerprint density at radius 2 is 0.605 bits per heavy atom. The third-order valence-electron chi connectivity index (χ3n) is 14.0. The van der Waals surface area contributed by atoms with E-state index < -0.39 is 57.8 Å². The van der Waals surface area contributed by atoms with Gasteiger partial charge in [0.2, 0.25) is 0 Å². The van der Waals surface area contributed by atoms with Crippen LogP contribution in [0.5, 0.6) is 0 Å². The van der Waals surface area contributed by atoms with Crippen LogP contribution in [0.2, 0.25) is 0 Å². The van der Waals surface area contributed by atoms with E-state index in [1.54, 1.807) is 0 Å². The van der Waals surface area contributed by atoms with Crippen molar-refractivity contribution in [2.75, 3.05) is 26.4 Å². The molecule has 0 rings (SSSR count). The van der Waals surface area contributed by atoms with E-state index in [4.69, 9.17) is 23.3 Å². The van der Waals surface area contributed by atoms with Crippen molar-refractivity contribution in [3.63, 3.8) is 0 Å². The third-order valence-corrected chi connectivity index (χ3v) is 15.0. The van der Waals surface area contributed by atoms with E-state index in [1.807, 2.05) is 0 Å². The summed E-state index contributed by atoms with van der Waals surface area (Å²) < 4.78 is 39.6. The lowest BCUT2D eigenvalue weighted by Crippen LogP contribution is -2.30. The molecule has 2 N–H and O–H groups in total. The Morgan fingerprint density at radius 1 is 0.355 bits per heavy atom. The molecule has 3 unspecified atom stereocenters. The molecule has 3 atom stereocenters. The minimum atomic E-state index is -4.75. The number of allylic oxidation sites excluding steroid dienone is 6. The third kappa shape index (κ3) is 56.4. The molecule has 0 bridgehead atoms. The van der Waals surface area contributed by atoms with Crippen LogP contribution in [0.4, 0.5) is 0 Å². The lowest BCUT2D eigenvalue weighted by molar-refractivity contribution is -0.161. The predicted molar refractivity (Wildman–Crippen MR) is 316 cm³/mol. The monoisotopic (exact) mass is 1090 g/mol. The number of esters is 3. The molecule has 0 saturated carbocycles. The Morgan fingerprint density at radius 3 is 0.921 bits per heavy atom. The summed E-state index contributed by atoms with van der Waals surface area (Å²) in [5, 5.41) is 9.84. The Hall–Kier alpha value is -2.30. The molecule has 0 amide bonds. The summed E-state index contributed by atoms with van der Waals surface area (Å²) in [5.74, 6) is -1.46. The largest absolute Gasteiger partial charge is 0.472 e. The summed E-state index contributed by atoms with van der Waals surface area (Å²) in [4.78, 5) is 48.7. The maximum absolute atomic E-state index is 12.9. The first kappa shape index (κ1) is 73.7. The van der Waals surface area contributed by atoms with E-state index in [0.29, 0.717) is 19.3 Å². The minimum Gasteiger partial charge on any atom is -0.462 e. The van der Waals surface area contributed by atoms with Crippen molar-refractivity contribution < 1.29 is 52.2 Å². The Balaban J connectivity index is 4.65. The second-order valence-electron chi connectivity index (χ2n) is 21.6. The molecule has 12 heteroatoms. The zero-order chi connectivity index (χ0) is 55.5. The van der Waals surface area contributed by atoms with Crippen molar-refractivity contribution in [1.82, 2.24) is 0 Å². The van der Waals surface area contributed by atoms with Crippen LogP contribution in [0.15, 0.2) is 36.5 Å². The van der Waals surface area contributed by atoms with E-state index in [9.17, 15) is 28.9 Å². The van der Waals surface area contributed by atoms with E-state index in [0.717, 1.165) is 83.5 Å². The molecule has 0 aromatic heterocycles. The lowest BCUT2D eigenvalue weighted by Gasteiger charge is -2.21. The van der Waals surface area contributed by atoms with E-state index in [2.05, 4.69) is 57.2 Å². The molecule has 0 radical (unpaired) electrons. The van der Waals surface area contributed by atoms with Crippen molar-refractivity contribution in [3.8, 4) is 0 Å². The Bertz CT molecular complexity index is 1420. The highest BCUT2D eigenvalue weighted by Gasteiger charge is 2.28. The second-order valence-corrected chi connectivity index (χ2v) is 23.0. The molecule has 446 valence electrons. The normalized spacial score (nSPS) is 13.5. The van der Waals surface area contributed by atoms with Crippen molar-refractivity contribution in [2.45, 2.75) is 328 Å². The highest BCUT2D eigenvalue weighted by atomic mass is 31.2. The van der Waals surface area contributed by atoms with Crippen LogP contribution in [-0.4, -0.2) is 66.5 Å². The molecule has 76 heavy (non-hydrogen) atoms. The van der Waals surface area contributed by atoms with Crippen LogP contribution >= 0.6 is 7.82 Å². The van der Waals surface area contributed by atoms with Crippen molar-refractivity contribution in [3.05, 3.63) is 36.5 Å². The standard InChI is InChI=1S/C64H119O11P/c1-4-7-10-13-16-19-22-25-27-29-30-32-34-37-40-43-46-49-52-55-64(68)75-61(57-71-62(66)53-50-47-44-41-38-35-24-21-18-15-12-9-6-3)59-73-76(69,70)72-58-60(56-65)74-63(67)54-51-48-45-42-39-36-33-31-28-26-23-20-17-14-11-8-5-2/h21,24-28,60-61,65H,4-20,22-23,29-59H2,1-3H3,(H,69,70)/b24-21-,27-25-,28-26-. The fraction of sp³-hybridized carbons (Fsp3) is 0.859.